The first-order valence-electron chi connectivity index (χ1n) is 5.98. The van der Waals surface area contributed by atoms with Gasteiger partial charge in [0.05, 0.1) is 11.6 Å². The van der Waals surface area contributed by atoms with Crippen LogP contribution in [0.3, 0.4) is 0 Å². The minimum atomic E-state index is 0.204. The van der Waals surface area contributed by atoms with Gasteiger partial charge in [-0.25, -0.2) is 0 Å². The largest absolute Gasteiger partial charge is 0.396 e. The van der Waals surface area contributed by atoms with Crippen molar-refractivity contribution in [3.05, 3.63) is 6.20 Å². The summed E-state index contributed by atoms with van der Waals surface area (Å²) in [4.78, 5) is 8.63. The number of H-pyrrole nitrogens is 1. The fourth-order valence-electron chi connectivity index (χ4n) is 1.67. The van der Waals surface area contributed by atoms with Gasteiger partial charge in [0.2, 0.25) is 5.95 Å². The molecule has 0 radical (unpaired) electrons. The summed E-state index contributed by atoms with van der Waals surface area (Å²) in [6, 6.07) is 0. The summed E-state index contributed by atoms with van der Waals surface area (Å²) >= 11 is 0. The molecular formula is C11H18N6O. The first-order chi connectivity index (χ1) is 8.74. The Bertz CT molecular complexity index is 511. The molecule has 2 aromatic rings. The lowest BCUT2D eigenvalue weighted by Gasteiger charge is -2.12. The zero-order chi connectivity index (χ0) is 13.0. The van der Waals surface area contributed by atoms with Gasteiger partial charge in [-0.15, -0.1) is 0 Å². The summed E-state index contributed by atoms with van der Waals surface area (Å²) in [6.07, 6.45) is 2.47. The highest BCUT2D eigenvalue weighted by molar-refractivity contribution is 5.86. The minimum absolute atomic E-state index is 0.204. The third kappa shape index (κ3) is 2.67. The summed E-state index contributed by atoms with van der Waals surface area (Å²) < 4.78 is 0. The first kappa shape index (κ1) is 12.6. The van der Waals surface area contributed by atoms with E-state index in [1.165, 1.54) is 0 Å². The number of hydrogen-bond donors (Lipinski definition) is 4. The van der Waals surface area contributed by atoms with Crippen LogP contribution in [0.4, 0.5) is 11.8 Å². The molecule has 7 nitrogen and oxygen atoms in total. The topological polar surface area (TPSA) is 98.8 Å². The Kier molecular flexibility index (Phi) is 3.93. The maximum absolute atomic E-state index is 8.88. The molecule has 0 aliphatic heterocycles. The van der Waals surface area contributed by atoms with Crippen molar-refractivity contribution in [2.75, 3.05) is 30.8 Å². The molecule has 0 aliphatic carbocycles. The monoisotopic (exact) mass is 250 g/mol. The van der Waals surface area contributed by atoms with Crippen molar-refractivity contribution in [3.8, 4) is 0 Å². The van der Waals surface area contributed by atoms with E-state index in [-0.39, 0.29) is 6.61 Å². The van der Waals surface area contributed by atoms with E-state index in [1.807, 2.05) is 0 Å². The molecule has 2 aromatic heterocycles. The molecule has 0 fully saturated rings. The van der Waals surface area contributed by atoms with Gasteiger partial charge in [-0.2, -0.15) is 15.1 Å². The Balaban J connectivity index is 2.18. The molecule has 0 saturated carbocycles. The van der Waals surface area contributed by atoms with Gasteiger partial charge in [0.15, 0.2) is 5.65 Å². The highest BCUT2D eigenvalue weighted by Crippen LogP contribution is 2.20. The molecule has 2 rings (SSSR count). The van der Waals surface area contributed by atoms with E-state index >= 15 is 0 Å². The number of aliphatic hydroxyl groups is 1. The maximum atomic E-state index is 8.88. The van der Waals surface area contributed by atoms with Crippen LogP contribution in [0, 0.1) is 5.92 Å². The number of aliphatic hydroxyl groups excluding tert-OH is 1. The summed E-state index contributed by atoms with van der Waals surface area (Å²) in [5, 5.41) is 22.7. The summed E-state index contributed by atoms with van der Waals surface area (Å²) in [5.41, 5.74) is 0.701. The van der Waals surface area contributed by atoms with Crippen molar-refractivity contribution in [3.63, 3.8) is 0 Å². The fourth-order valence-corrected chi connectivity index (χ4v) is 1.67. The van der Waals surface area contributed by atoms with Crippen LogP contribution < -0.4 is 10.6 Å². The predicted octanol–water partition coefficient (Wildman–Crippen LogP) is 0.825. The van der Waals surface area contributed by atoms with E-state index in [2.05, 4.69) is 37.7 Å². The zero-order valence-corrected chi connectivity index (χ0v) is 10.6. The van der Waals surface area contributed by atoms with Crippen LogP contribution in [0.25, 0.3) is 11.0 Å². The van der Waals surface area contributed by atoms with Crippen molar-refractivity contribution < 1.29 is 5.11 Å². The van der Waals surface area contributed by atoms with E-state index in [9.17, 15) is 0 Å². The van der Waals surface area contributed by atoms with E-state index in [1.54, 1.807) is 13.2 Å². The molecule has 1 unspecified atom stereocenters. The Morgan fingerprint density at radius 2 is 2.28 bits per heavy atom. The van der Waals surface area contributed by atoms with Crippen molar-refractivity contribution in [2.24, 2.45) is 5.92 Å². The zero-order valence-electron chi connectivity index (χ0n) is 10.6. The highest BCUT2D eigenvalue weighted by atomic mass is 16.3. The van der Waals surface area contributed by atoms with E-state index in [0.29, 0.717) is 17.5 Å². The lowest BCUT2D eigenvalue weighted by Crippen LogP contribution is -2.14. The van der Waals surface area contributed by atoms with Crippen molar-refractivity contribution >= 4 is 22.8 Å². The molecule has 4 N–H and O–H groups in total. The molecular weight excluding hydrogens is 232 g/mol. The minimum Gasteiger partial charge on any atom is -0.396 e. The number of nitrogens with zero attached hydrogens (tertiary/aromatic N) is 3. The Morgan fingerprint density at radius 1 is 1.44 bits per heavy atom. The lowest BCUT2D eigenvalue weighted by molar-refractivity contribution is 0.266. The quantitative estimate of drug-likeness (QED) is 0.606. The van der Waals surface area contributed by atoms with Gasteiger partial charge in [-0.1, -0.05) is 6.92 Å². The summed E-state index contributed by atoms with van der Waals surface area (Å²) in [5.74, 6) is 1.68. The number of fused-ring (bicyclic) bond motifs is 1. The van der Waals surface area contributed by atoms with Gasteiger partial charge < -0.3 is 15.7 Å². The molecule has 0 aromatic carbocycles. The van der Waals surface area contributed by atoms with Crippen LogP contribution in [0.2, 0.25) is 0 Å². The molecule has 0 amide bonds. The predicted molar refractivity (Wildman–Crippen MR) is 70.6 cm³/mol. The van der Waals surface area contributed by atoms with Crippen LogP contribution >= 0.6 is 0 Å². The number of aromatic nitrogens is 4. The van der Waals surface area contributed by atoms with Gasteiger partial charge >= 0.3 is 0 Å². The Labute approximate surface area is 105 Å². The van der Waals surface area contributed by atoms with Crippen molar-refractivity contribution in [1.82, 2.24) is 20.2 Å². The van der Waals surface area contributed by atoms with Gasteiger partial charge in [-0.05, 0) is 12.3 Å². The number of hydrogen-bond acceptors (Lipinski definition) is 6. The Morgan fingerprint density at radius 3 is 3.00 bits per heavy atom. The van der Waals surface area contributed by atoms with Crippen LogP contribution in [0.5, 0.6) is 0 Å². The standard InChI is InChI=1S/C11H18N6O/c1-7(3-4-18)5-13-9-8-6-14-17-10(8)16-11(12-2)15-9/h6-7,18H,3-5H2,1-2H3,(H3,12,13,14,15,16,17). The maximum Gasteiger partial charge on any atom is 0.226 e. The van der Waals surface area contributed by atoms with Crippen LogP contribution in [-0.2, 0) is 0 Å². The molecule has 0 aliphatic rings. The third-order valence-corrected chi connectivity index (χ3v) is 2.77. The summed E-state index contributed by atoms with van der Waals surface area (Å²) in [6.45, 7) is 3.03. The Hall–Kier alpha value is -1.89. The van der Waals surface area contributed by atoms with Crippen molar-refractivity contribution in [2.45, 2.75) is 13.3 Å². The average molecular weight is 250 g/mol. The molecule has 0 bridgehead atoms. The van der Waals surface area contributed by atoms with Crippen LogP contribution in [0.15, 0.2) is 6.20 Å². The van der Waals surface area contributed by atoms with E-state index in [0.717, 1.165) is 24.2 Å². The van der Waals surface area contributed by atoms with Gasteiger partial charge in [-0.3, -0.25) is 5.10 Å². The molecule has 7 heteroatoms. The summed E-state index contributed by atoms with van der Waals surface area (Å²) in [7, 11) is 1.77. The van der Waals surface area contributed by atoms with Gasteiger partial charge in [0, 0.05) is 20.2 Å². The number of anilines is 2. The molecule has 0 saturated heterocycles. The first-order valence-corrected chi connectivity index (χ1v) is 5.98. The normalized spacial score (nSPS) is 12.6. The van der Waals surface area contributed by atoms with E-state index < -0.39 is 0 Å². The number of nitrogens with one attached hydrogen (secondary N) is 3. The molecule has 1 atom stereocenters. The smallest absolute Gasteiger partial charge is 0.226 e. The third-order valence-electron chi connectivity index (χ3n) is 2.77. The van der Waals surface area contributed by atoms with Crippen LogP contribution in [-0.4, -0.2) is 45.5 Å². The second kappa shape index (κ2) is 5.63. The lowest BCUT2D eigenvalue weighted by atomic mass is 10.1. The van der Waals surface area contributed by atoms with Crippen molar-refractivity contribution in [1.29, 1.82) is 0 Å². The molecule has 98 valence electrons. The molecule has 0 spiro atoms. The van der Waals surface area contributed by atoms with Gasteiger partial charge in [0.1, 0.15) is 5.82 Å². The average Bonchev–Trinajstić information content (AvgIpc) is 2.84. The number of rotatable bonds is 6. The van der Waals surface area contributed by atoms with Gasteiger partial charge in [0.25, 0.3) is 0 Å². The second-order valence-electron chi connectivity index (χ2n) is 4.28. The van der Waals surface area contributed by atoms with Crippen LogP contribution in [0.1, 0.15) is 13.3 Å². The van der Waals surface area contributed by atoms with E-state index in [4.69, 9.17) is 5.11 Å². The SMILES string of the molecule is CNc1nc(NCC(C)CCO)c2cn[nH]c2n1. The molecule has 18 heavy (non-hydrogen) atoms. The highest BCUT2D eigenvalue weighted by Gasteiger charge is 2.09. The second-order valence-corrected chi connectivity index (χ2v) is 4.28. The fraction of sp³-hybridized carbons (Fsp3) is 0.545. The number of aromatic amines is 1. The molecule has 2 heterocycles.